The largest absolute Gasteiger partial charge is 0.497 e. The van der Waals surface area contributed by atoms with Crippen LogP contribution < -0.4 is 10.1 Å². The molecule has 2 rings (SSSR count). The maximum absolute atomic E-state index is 6.14. The van der Waals surface area contributed by atoms with Gasteiger partial charge in [0.2, 0.25) is 5.95 Å². The van der Waals surface area contributed by atoms with Gasteiger partial charge in [0.25, 0.3) is 0 Å². The molecule has 0 saturated carbocycles. The van der Waals surface area contributed by atoms with Gasteiger partial charge >= 0.3 is 0 Å². The van der Waals surface area contributed by atoms with Crippen LogP contribution in [-0.2, 0) is 6.54 Å². The molecule has 1 N–H and O–H groups in total. The third-order valence-corrected chi connectivity index (χ3v) is 2.93. The predicted octanol–water partition coefficient (Wildman–Crippen LogP) is 3.70. The molecular formula is C13H16ClN3O. The third kappa shape index (κ3) is 2.76. The van der Waals surface area contributed by atoms with Gasteiger partial charge < -0.3 is 14.6 Å². The minimum absolute atomic E-state index is 0.641. The number of hydrogen-bond donors (Lipinski definition) is 1. The standard InChI is InChI=1S/C13H16ClN3O/c1-3-7-17-8-6-15-13(17)16-12-9-10(18-2)4-5-11(12)14/h4-6,8-9H,3,7H2,1-2H3,(H,15,16). The van der Waals surface area contributed by atoms with Gasteiger partial charge in [-0.1, -0.05) is 18.5 Å². The number of aromatic nitrogens is 2. The number of aryl methyl sites for hydroxylation is 1. The molecule has 1 heterocycles. The Bertz CT molecular complexity index is 525. The van der Waals surface area contributed by atoms with Crippen LogP contribution in [0.2, 0.25) is 5.02 Å². The first kappa shape index (κ1) is 12.8. The molecule has 0 unspecified atom stereocenters. The summed E-state index contributed by atoms with van der Waals surface area (Å²) in [5, 5.41) is 3.86. The average molecular weight is 266 g/mol. The van der Waals surface area contributed by atoms with Crippen LogP contribution in [-0.4, -0.2) is 16.7 Å². The fraction of sp³-hybridized carbons (Fsp3) is 0.308. The van der Waals surface area contributed by atoms with Crippen LogP contribution in [0.1, 0.15) is 13.3 Å². The molecule has 0 aliphatic rings. The van der Waals surface area contributed by atoms with Gasteiger partial charge in [-0.25, -0.2) is 4.98 Å². The molecule has 18 heavy (non-hydrogen) atoms. The van der Waals surface area contributed by atoms with E-state index < -0.39 is 0 Å². The zero-order valence-electron chi connectivity index (χ0n) is 10.5. The molecule has 0 atom stereocenters. The van der Waals surface area contributed by atoms with Crippen LogP contribution in [0, 0.1) is 0 Å². The number of rotatable bonds is 5. The lowest BCUT2D eigenvalue weighted by Crippen LogP contribution is -2.03. The summed E-state index contributed by atoms with van der Waals surface area (Å²) in [4.78, 5) is 4.28. The molecule has 0 aliphatic heterocycles. The quantitative estimate of drug-likeness (QED) is 0.896. The zero-order valence-corrected chi connectivity index (χ0v) is 11.2. The van der Waals surface area contributed by atoms with E-state index in [-0.39, 0.29) is 0 Å². The van der Waals surface area contributed by atoms with E-state index in [1.165, 1.54) is 0 Å². The van der Waals surface area contributed by atoms with E-state index in [1.807, 2.05) is 18.3 Å². The average Bonchev–Trinajstić information content (AvgIpc) is 2.80. The van der Waals surface area contributed by atoms with Crippen LogP contribution >= 0.6 is 11.6 Å². The monoisotopic (exact) mass is 265 g/mol. The summed E-state index contributed by atoms with van der Waals surface area (Å²) in [5.41, 5.74) is 0.791. The lowest BCUT2D eigenvalue weighted by molar-refractivity contribution is 0.415. The van der Waals surface area contributed by atoms with Crippen molar-refractivity contribution in [3.05, 3.63) is 35.6 Å². The lowest BCUT2D eigenvalue weighted by atomic mass is 10.3. The molecule has 0 saturated heterocycles. The van der Waals surface area contributed by atoms with Gasteiger partial charge in [0.1, 0.15) is 5.75 Å². The Balaban J connectivity index is 2.24. The van der Waals surface area contributed by atoms with Crippen molar-refractivity contribution in [1.82, 2.24) is 9.55 Å². The van der Waals surface area contributed by atoms with E-state index in [0.29, 0.717) is 5.02 Å². The second-order valence-corrected chi connectivity index (χ2v) is 4.32. The maximum atomic E-state index is 6.14. The van der Waals surface area contributed by atoms with Gasteiger partial charge in [-0.15, -0.1) is 0 Å². The highest BCUT2D eigenvalue weighted by atomic mass is 35.5. The summed E-state index contributed by atoms with van der Waals surface area (Å²) < 4.78 is 7.23. The maximum Gasteiger partial charge on any atom is 0.207 e. The number of nitrogens with zero attached hydrogens (tertiary/aromatic N) is 2. The van der Waals surface area contributed by atoms with Crippen molar-refractivity contribution in [2.24, 2.45) is 0 Å². The van der Waals surface area contributed by atoms with Crippen molar-refractivity contribution in [3.63, 3.8) is 0 Å². The van der Waals surface area contributed by atoms with E-state index >= 15 is 0 Å². The van der Waals surface area contributed by atoms with E-state index in [4.69, 9.17) is 16.3 Å². The van der Waals surface area contributed by atoms with Crippen molar-refractivity contribution < 1.29 is 4.74 Å². The van der Waals surface area contributed by atoms with Crippen molar-refractivity contribution >= 4 is 23.2 Å². The summed E-state index contributed by atoms with van der Waals surface area (Å²) in [7, 11) is 1.63. The SMILES string of the molecule is CCCn1ccnc1Nc1cc(OC)ccc1Cl. The van der Waals surface area contributed by atoms with Crippen LogP contribution in [0.25, 0.3) is 0 Å². The number of halogens is 1. The molecule has 4 nitrogen and oxygen atoms in total. The number of benzene rings is 1. The zero-order chi connectivity index (χ0) is 13.0. The van der Waals surface area contributed by atoms with Crippen LogP contribution in [0.3, 0.4) is 0 Å². The van der Waals surface area contributed by atoms with E-state index in [2.05, 4.69) is 21.8 Å². The molecule has 0 aliphatic carbocycles. The topological polar surface area (TPSA) is 39.1 Å². The predicted molar refractivity (Wildman–Crippen MR) is 73.8 cm³/mol. The summed E-state index contributed by atoms with van der Waals surface area (Å²) in [6.07, 6.45) is 4.77. The highest BCUT2D eigenvalue weighted by Crippen LogP contribution is 2.28. The molecule has 0 bridgehead atoms. The molecule has 1 aromatic heterocycles. The second-order valence-electron chi connectivity index (χ2n) is 3.92. The number of nitrogens with one attached hydrogen (secondary N) is 1. The number of methoxy groups -OCH3 is 1. The van der Waals surface area contributed by atoms with Crippen molar-refractivity contribution in [3.8, 4) is 5.75 Å². The number of imidazole rings is 1. The Morgan fingerprint density at radius 3 is 3.00 bits per heavy atom. The summed E-state index contributed by atoms with van der Waals surface area (Å²) >= 11 is 6.14. The smallest absolute Gasteiger partial charge is 0.207 e. The molecule has 96 valence electrons. The molecule has 0 spiro atoms. The van der Waals surface area contributed by atoms with Crippen LogP contribution in [0.5, 0.6) is 5.75 Å². The van der Waals surface area contributed by atoms with Gasteiger partial charge in [-0.2, -0.15) is 0 Å². The second kappa shape index (κ2) is 5.78. The van der Waals surface area contributed by atoms with Crippen molar-refractivity contribution in [2.75, 3.05) is 12.4 Å². The van der Waals surface area contributed by atoms with Gasteiger partial charge in [-0.3, -0.25) is 0 Å². The summed E-state index contributed by atoms with van der Waals surface area (Å²) in [5.74, 6) is 1.54. The number of anilines is 2. The van der Waals surface area contributed by atoms with Gasteiger partial charge in [0.15, 0.2) is 0 Å². The molecule has 2 aromatic rings. The fourth-order valence-corrected chi connectivity index (χ4v) is 1.87. The first-order valence-corrected chi connectivity index (χ1v) is 6.24. The fourth-order valence-electron chi connectivity index (χ4n) is 1.70. The number of ether oxygens (including phenoxy) is 1. The van der Waals surface area contributed by atoms with Gasteiger partial charge in [-0.05, 0) is 18.6 Å². The van der Waals surface area contributed by atoms with Crippen molar-refractivity contribution in [1.29, 1.82) is 0 Å². The Kier molecular flexibility index (Phi) is 4.10. The molecule has 0 fully saturated rings. The Hall–Kier alpha value is -1.68. The Labute approximate surface area is 112 Å². The summed E-state index contributed by atoms with van der Waals surface area (Å²) in [6, 6.07) is 5.48. The Morgan fingerprint density at radius 2 is 2.28 bits per heavy atom. The first-order valence-electron chi connectivity index (χ1n) is 5.86. The van der Waals surface area contributed by atoms with Gasteiger partial charge in [0.05, 0.1) is 17.8 Å². The molecule has 0 radical (unpaired) electrons. The normalized spacial score (nSPS) is 10.4. The van der Waals surface area contributed by atoms with Crippen LogP contribution in [0.4, 0.5) is 11.6 Å². The number of hydrogen-bond acceptors (Lipinski definition) is 3. The van der Waals surface area contributed by atoms with Crippen molar-refractivity contribution in [2.45, 2.75) is 19.9 Å². The third-order valence-electron chi connectivity index (χ3n) is 2.60. The van der Waals surface area contributed by atoms with E-state index in [9.17, 15) is 0 Å². The van der Waals surface area contributed by atoms with E-state index in [0.717, 1.165) is 30.4 Å². The highest BCUT2D eigenvalue weighted by molar-refractivity contribution is 6.33. The Morgan fingerprint density at radius 1 is 1.44 bits per heavy atom. The lowest BCUT2D eigenvalue weighted by Gasteiger charge is -2.11. The minimum Gasteiger partial charge on any atom is -0.497 e. The summed E-state index contributed by atoms with van der Waals surface area (Å²) in [6.45, 7) is 3.05. The molecule has 5 heteroatoms. The van der Waals surface area contributed by atoms with Gasteiger partial charge in [0, 0.05) is 25.0 Å². The van der Waals surface area contributed by atoms with Crippen LogP contribution in [0.15, 0.2) is 30.6 Å². The highest BCUT2D eigenvalue weighted by Gasteiger charge is 2.06. The first-order chi connectivity index (χ1) is 8.74. The van der Waals surface area contributed by atoms with E-state index in [1.54, 1.807) is 19.4 Å². The minimum atomic E-state index is 0.641. The molecular weight excluding hydrogens is 250 g/mol. The molecule has 0 amide bonds. The molecule has 1 aromatic carbocycles.